The van der Waals surface area contributed by atoms with Crippen molar-refractivity contribution in [2.24, 2.45) is 0 Å². The van der Waals surface area contributed by atoms with Crippen LogP contribution in [-0.4, -0.2) is 32.5 Å². The molecule has 1 aliphatic carbocycles. The van der Waals surface area contributed by atoms with Crippen molar-refractivity contribution in [3.63, 3.8) is 0 Å². The average Bonchev–Trinajstić information content (AvgIpc) is 2.87. The molecule has 0 unspecified atom stereocenters. The third-order valence-corrected chi connectivity index (χ3v) is 5.82. The number of hydrogen-bond donors (Lipinski definition) is 1. The van der Waals surface area contributed by atoms with Gasteiger partial charge in [0.1, 0.15) is 0 Å². The minimum atomic E-state index is 0.0807. The quantitative estimate of drug-likeness (QED) is 0.437. The lowest BCUT2D eigenvalue weighted by Crippen LogP contribution is -2.35. The van der Waals surface area contributed by atoms with Gasteiger partial charge in [0.2, 0.25) is 5.91 Å². The van der Waals surface area contributed by atoms with E-state index >= 15 is 0 Å². The van der Waals surface area contributed by atoms with Crippen LogP contribution in [0.25, 0.3) is 11.4 Å². The van der Waals surface area contributed by atoms with Crippen LogP contribution in [0.5, 0.6) is 0 Å². The van der Waals surface area contributed by atoms with Crippen molar-refractivity contribution in [2.45, 2.75) is 63.2 Å². The molecule has 1 aliphatic rings. The summed E-state index contributed by atoms with van der Waals surface area (Å²) in [5.41, 5.74) is 2.21. The lowest BCUT2D eigenvalue weighted by atomic mass is 10.1. The van der Waals surface area contributed by atoms with Crippen molar-refractivity contribution >= 4 is 17.7 Å². The molecular weight excluding hydrogens is 356 g/mol. The lowest BCUT2D eigenvalue weighted by molar-refractivity contribution is -0.119. The molecule has 1 aromatic heterocycles. The molecule has 1 N–H and O–H groups in total. The first-order chi connectivity index (χ1) is 13.2. The van der Waals surface area contributed by atoms with Crippen LogP contribution in [0.3, 0.4) is 0 Å². The Morgan fingerprint density at radius 3 is 2.78 bits per heavy atom. The maximum Gasteiger partial charge on any atom is 0.230 e. The number of nitrogens with zero attached hydrogens (tertiary/aromatic N) is 3. The molecule has 3 rings (SSSR count). The van der Waals surface area contributed by atoms with E-state index in [1.165, 1.54) is 43.0 Å². The zero-order valence-corrected chi connectivity index (χ0v) is 16.8. The van der Waals surface area contributed by atoms with Gasteiger partial charge in [0.25, 0.3) is 0 Å². The largest absolute Gasteiger partial charge is 0.353 e. The second-order valence-corrected chi connectivity index (χ2v) is 8.06. The second-order valence-electron chi connectivity index (χ2n) is 7.12. The summed E-state index contributed by atoms with van der Waals surface area (Å²) in [5, 5.41) is 12.6. The Balaban J connectivity index is 1.65. The van der Waals surface area contributed by atoms with E-state index in [9.17, 15) is 4.79 Å². The van der Waals surface area contributed by atoms with Crippen molar-refractivity contribution in [3.05, 3.63) is 42.5 Å². The summed E-state index contributed by atoms with van der Waals surface area (Å²) in [5.74, 6) is 1.25. The predicted molar refractivity (Wildman–Crippen MR) is 111 cm³/mol. The molecule has 5 nitrogen and oxygen atoms in total. The van der Waals surface area contributed by atoms with Crippen molar-refractivity contribution in [2.75, 3.05) is 5.75 Å². The Morgan fingerprint density at radius 1 is 1.30 bits per heavy atom. The van der Waals surface area contributed by atoms with Gasteiger partial charge in [0.05, 0.1) is 5.75 Å². The van der Waals surface area contributed by atoms with Crippen LogP contribution in [0, 0.1) is 6.92 Å². The average molecular weight is 385 g/mol. The fraction of sp³-hybridized carbons (Fsp3) is 0.476. The Morgan fingerprint density at radius 2 is 2.07 bits per heavy atom. The second kappa shape index (κ2) is 9.74. The van der Waals surface area contributed by atoms with Crippen molar-refractivity contribution in [1.82, 2.24) is 20.1 Å². The Hall–Kier alpha value is -2.08. The summed E-state index contributed by atoms with van der Waals surface area (Å²) < 4.78 is 2.02. The number of amides is 1. The molecule has 6 heteroatoms. The number of hydrogen-bond acceptors (Lipinski definition) is 4. The van der Waals surface area contributed by atoms with Gasteiger partial charge in [-0.15, -0.1) is 16.8 Å². The first-order valence-electron chi connectivity index (χ1n) is 9.70. The van der Waals surface area contributed by atoms with Crippen LogP contribution in [-0.2, 0) is 11.3 Å². The number of benzene rings is 1. The van der Waals surface area contributed by atoms with Gasteiger partial charge in [-0.1, -0.05) is 67.3 Å². The zero-order valence-electron chi connectivity index (χ0n) is 16.0. The van der Waals surface area contributed by atoms with Gasteiger partial charge < -0.3 is 5.32 Å². The van der Waals surface area contributed by atoms with E-state index in [-0.39, 0.29) is 5.91 Å². The number of thioether (sulfide) groups is 1. The summed E-state index contributed by atoms with van der Waals surface area (Å²) in [6, 6.07) is 8.53. The first-order valence-corrected chi connectivity index (χ1v) is 10.7. The van der Waals surface area contributed by atoms with Crippen LogP contribution in [0.2, 0.25) is 0 Å². The smallest absolute Gasteiger partial charge is 0.230 e. The molecule has 144 valence electrons. The Labute approximate surface area is 165 Å². The predicted octanol–water partition coefficient (Wildman–Crippen LogP) is 4.37. The van der Waals surface area contributed by atoms with Gasteiger partial charge in [-0.25, -0.2) is 0 Å². The summed E-state index contributed by atoms with van der Waals surface area (Å²) in [7, 11) is 0. The minimum absolute atomic E-state index is 0.0807. The van der Waals surface area contributed by atoms with Crippen LogP contribution in [0.15, 0.2) is 42.1 Å². The molecule has 0 saturated heterocycles. The van der Waals surface area contributed by atoms with Gasteiger partial charge in [-0.3, -0.25) is 9.36 Å². The minimum Gasteiger partial charge on any atom is -0.353 e. The highest BCUT2D eigenvalue weighted by molar-refractivity contribution is 7.99. The molecular formula is C21H28N4OS. The number of nitrogens with one attached hydrogen (secondary N) is 1. The summed E-state index contributed by atoms with van der Waals surface area (Å²) >= 11 is 1.44. The van der Waals surface area contributed by atoms with Crippen LogP contribution in [0.4, 0.5) is 0 Å². The SMILES string of the molecule is C=CCn1c(SCC(=O)NC2CCCCCC2)nnc1-c1cccc(C)c1. The number of allylic oxidation sites excluding steroid dienone is 1. The summed E-state index contributed by atoms with van der Waals surface area (Å²) in [4.78, 5) is 12.4. The highest BCUT2D eigenvalue weighted by Gasteiger charge is 2.17. The topological polar surface area (TPSA) is 59.8 Å². The molecule has 0 bridgehead atoms. The number of carbonyl (C=O) groups is 1. The molecule has 1 heterocycles. The third-order valence-electron chi connectivity index (χ3n) is 4.86. The fourth-order valence-electron chi connectivity index (χ4n) is 3.51. The monoisotopic (exact) mass is 384 g/mol. The highest BCUT2D eigenvalue weighted by atomic mass is 32.2. The van der Waals surface area contributed by atoms with Gasteiger partial charge >= 0.3 is 0 Å². The normalized spacial score (nSPS) is 15.3. The molecule has 0 aliphatic heterocycles. The molecule has 1 aromatic carbocycles. The number of rotatable bonds is 7. The maximum absolute atomic E-state index is 12.4. The number of carbonyl (C=O) groups excluding carboxylic acids is 1. The van der Waals surface area contributed by atoms with E-state index in [1.807, 2.05) is 22.8 Å². The molecule has 2 aromatic rings. The van der Waals surface area contributed by atoms with Crippen LogP contribution in [0.1, 0.15) is 44.1 Å². The Bertz CT molecular complexity index is 778. The fourth-order valence-corrected chi connectivity index (χ4v) is 4.27. The van der Waals surface area contributed by atoms with Crippen molar-refractivity contribution in [3.8, 4) is 11.4 Å². The first kappa shape index (κ1) is 19.7. The van der Waals surface area contributed by atoms with Crippen molar-refractivity contribution < 1.29 is 4.79 Å². The van der Waals surface area contributed by atoms with Gasteiger partial charge in [-0.05, 0) is 25.8 Å². The molecule has 0 atom stereocenters. The molecule has 27 heavy (non-hydrogen) atoms. The van der Waals surface area contributed by atoms with Gasteiger partial charge in [-0.2, -0.15) is 0 Å². The van der Waals surface area contributed by atoms with Gasteiger partial charge in [0.15, 0.2) is 11.0 Å². The van der Waals surface area contributed by atoms with E-state index in [2.05, 4.69) is 41.1 Å². The lowest BCUT2D eigenvalue weighted by Gasteiger charge is -2.16. The van der Waals surface area contributed by atoms with Crippen LogP contribution >= 0.6 is 11.8 Å². The highest BCUT2D eigenvalue weighted by Crippen LogP contribution is 2.25. The van der Waals surface area contributed by atoms with E-state index in [4.69, 9.17) is 0 Å². The van der Waals surface area contributed by atoms with E-state index in [0.717, 1.165) is 29.4 Å². The molecule has 1 amide bonds. The van der Waals surface area contributed by atoms with E-state index in [1.54, 1.807) is 0 Å². The third kappa shape index (κ3) is 5.45. The van der Waals surface area contributed by atoms with E-state index in [0.29, 0.717) is 18.3 Å². The van der Waals surface area contributed by atoms with Crippen LogP contribution < -0.4 is 5.32 Å². The molecule has 1 fully saturated rings. The van der Waals surface area contributed by atoms with Crippen molar-refractivity contribution in [1.29, 1.82) is 0 Å². The number of aryl methyl sites for hydroxylation is 1. The zero-order chi connectivity index (χ0) is 19.1. The summed E-state index contributed by atoms with van der Waals surface area (Å²) in [6.45, 7) is 6.52. The van der Waals surface area contributed by atoms with Gasteiger partial charge in [0, 0.05) is 18.2 Å². The Kier molecular flexibility index (Phi) is 7.10. The number of aromatic nitrogens is 3. The van der Waals surface area contributed by atoms with E-state index < -0.39 is 0 Å². The maximum atomic E-state index is 12.4. The molecule has 0 spiro atoms. The molecule has 1 saturated carbocycles. The standard InChI is InChI=1S/C21H28N4OS/c1-3-13-25-20(17-10-8-9-16(2)14-17)23-24-21(25)27-15-19(26)22-18-11-6-4-5-7-12-18/h3,8-10,14,18H,1,4-7,11-13,15H2,2H3,(H,22,26). The molecule has 0 radical (unpaired) electrons. The summed E-state index contributed by atoms with van der Waals surface area (Å²) in [6.07, 6.45) is 9.03.